The van der Waals surface area contributed by atoms with Crippen molar-refractivity contribution in [2.75, 3.05) is 5.75 Å². The minimum absolute atomic E-state index is 0.00772. The van der Waals surface area contributed by atoms with Crippen molar-refractivity contribution in [2.45, 2.75) is 37.3 Å². The van der Waals surface area contributed by atoms with E-state index < -0.39 is 27.5 Å². The van der Waals surface area contributed by atoms with Crippen molar-refractivity contribution in [1.29, 1.82) is 0 Å². The summed E-state index contributed by atoms with van der Waals surface area (Å²) in [5, 5.41) is 8.78. The molecule has 152 valence electrons. The highest BCUT2D eigenvalue weighted by molar-refractivity contribution is 7.91. The zero-order valence-corrected chi connectivity index (χ0v) is 16.5. The summed E-state index contributed by atoms with van der Waals surface area (Å²) in [6.45, 7) is 1.48. The van der Waals surface area contributed by atoms with E-state index in [9.17, 15) is 26.4 Å². The molecule has 0 aromatic heterocycles. The van der Waals surface area contributed by atoms with E-state index in [0.717, 1.165) is 12.1 Å². The van der Waals surface area contributed by atoms with E-state index in [4.69, 9.17) is 16.7 Å². The number of benzene rings is 2. The molecule has 0 heterocycles. The number of carboxylic acid groups (broad SMARTS) is 1. The maximum Gasteiger partial charge on any atom is 0.416 e. The minimum atomic E-state index is -4.56. The van der Waals surface area contributed by atoms with E-state index in [1.54, 1.807) is 0 Å². The van der Waals surface area contributed by atoms with E-state index in [-0.39, 0.29) is 46.1 Å². The average Bonchev–Trinajstić information content (AvgIpc) is 2.60. The normalized spacial score (nSPS) is 12.2. The zero-order chi connectivity index (χ0) is 21.1. The van der Waals surface area contributed by atoms with Gasteiger partial charge in [0.2, 0.25) is 0 Å². The van der Waals surface area contributed by atoms with Crippen molar-refractivity contribution >= 4 is 27.4 Å². The first kappa shape index (κ1) is 22.2. The fourth-order valence-electron chi connectivity index (χ4n) is 2.73. The second-order valence-corrected chi connectivity index (χ2v) is 8.85. The third kappa shape index (κ3) is 5.26. The van der Waals surface area contributed by atoms with Crippen LogP contribution in [0.25, 0.3) is 11.1 Å². The first-order chi connectivity index (χ1) is 13.0. The Morgan fingerprint density at radius 2 is 1.79 bits per heavy atom. The number of hydrogen-bond acceptors (Lipinski definition) is 3. The third-order valence-corrected chi connectivity index (χ3v) is 6.29. The summed E-state index contributed by atoms with van der Waals surface area (Å²) in [6, 6.07) is 7.08. The van der Waals surface area contributed by atoms with Gasteiger partial charge in [0.15, 0.2) is 9.84 Å². The van der Waals surface area contributed by atoms with Crippen molar-refractivity contribution in [3.63, 3.8) is 0 Å². The lowest BCUT2D eigenvalue weighted by molar-refractivity contribution is -0.138. The molecule has 0 unspecified atom stereocenters. The van der Waals surface area contributed by atoms with Crippen molar-refractivity contribution < 1.29 is 31.5 Å². The van der Waals surface area contributed by atoms with Crippen molar-refractivity contribution in [1.82, 2.24) is 0 Å². The van der Waals surface area contributed by atoms with Gasteiger partial charge in [-0.15, -0.1) is 0 Å². The second-order valence-electron chi connectivity index (χ2n) is 6.16. The monoisotopic (exact) mass is 434 g/mol. The predicted molar refractivity (Wildman–Crippen MR) is 100 cm³/mol. The van der Waals surface area contributed by atoms with Gasteiger partial charge in [-0.25, -0.2) is 8.42 Å². The standard InChI is InChI=1S/C19H18ClF3O4S/c1-2-28(26,27)14-8-9-15(17(20)11-14)16-10-13(19(21,22)23)7-6-12(16)4-3-5-18(24)25/h6-11H,2-5H2,1H3,(H,24,25). The Hall–Kier alpha value is -2.06. The Bertz CT molecular complexity index is 985. The Labute approximate surface area is 165 Å². The van der Waals surface area contributed by atoms with Gasteiger partial charge in [-0.3, -0.25) is 4.79 Å². The number of rotatable bonds is 7. The summed E-state index contributed by atoms with van der Waals surface area (Å²) in [5.41, 5.74) is 0.0897. The molecule has 9 heteroatoms. The molecule has 0 radical (unpaired) electrons. The molecule has 0 saturated heterocycles. The second kappa shape index (κ2) is 8.53. The molecule has 0 saturated carbocycles. The number of alkyl halides is 3. The van der Waals surface area contributed by atoms with Crippen LogP contribution in [-0.4, -0.2) is 25.2 Å². The first-order valence-corrected chi connectivity index (χ1v) is 10.4. The van der Waals surface area contributed by atoms with Gasteiger partial charge in [-0.1, -0.05) is 30.7 Å². The van der Waals surface area contributed by atoms with Gasteiger partial charge < -0.3 is 5.11 Å². The summed E-state index contributed by atoms with van der Waals surface area (Å²) in [5.74, 6) is -1.13. The summed E-state index contributed by atoms with van der Waals surface area (Å²) in [7, 11) is -3.51. The molecule has 1 N–H and O–H groups in total. The number of hydrogen-bond donors (Lipinski definition) is 1. The highest BCUT2D eigenvalue weighted by Gasteiger charge is 2.31. The highest BCUT2D eigenvalue weighted by Crippen LogP contribution is 2.38. The smallest absolute Gasteiger partial charge is 0.416 e. The molecule has 0 aliphatic heterocycles. The van der Waals surface area contributed by atoms with Crippen LogP contribution in [-0.2, 0) is 27.2 Å². The summed E-state index contributed by atoms with van der Waals surface area (Å²) in [6.07, 6.45) is -4.20. The molecule has 0 fully saturated rings. The maximum atomic E-state index is 13.1. The van der Waals surface area contributed by atoms with E-state index >= 15 is 0 Å². The van der Waals surface area contributed by atoms with Crippen LogP contribution in [0, 0.1) is 0 Å². The van der Waals surface area contributed by atoms with Crippen LogP contribution < -0.4 is 0 Å². The van der Waals surface area contributed by atoms with Crippen LogP contribution in [0.2, 0.25) is 5.02 Å². The molecule has 2 aromatic rings. The fourth-order valence-corrected chi connectivity index (χ4v) is 3.98. The Kier molecular flexibility index (Phi) is 6.77. The molecule has 4 nitrogen and oxygen atoms in total. The molecular weight excluding hydrogens is 417 g/mol. The quantitative estimate of drug-likeness (QED) is 0.648. The number of aliphatic carboxylic acids is 1. The molecule has 0 aliphatic carbocycles. The minimum Gasteiger partial charge on any atom is -0.481 e. The lowest BCUT2D eigenvalue weighted by Gasteiger charge is -2.15. The van der Waals surface area contributed by atoms with Crippen LogP contribution >= 0.6 is 11.6 Å². The topological polar surface area (TPSA) is 71.4 Å². The average molecular weight is 435 g/mol. The third-order valence-electron chi connectivity index (χ3n) is 4.24. The molecule has 0 atom stereocenters. The van der Waals surface area contributed by atoms with Crippen molar-refractivity contribution in [2.24, 2.45) is 0 Å². The Morgan fingerprint density at radius 1 is 1.11 bits per heavy atom. The van der Waals surface area contributed by atoms with Gasteiger partial charge in [0.05, 0.1) is 16.2 Å². The van der Waals surface area contributed by atoms with Crippen LogP contribution in [0.4, 0.5) is 13.2 Å². The predicted octanol–water partition coefficient (Wildman–Crippen LogP) is 5.23. The lowest BCUT2D eigenvalue weighted by atomic mass is 9.94. The molecule has 2 aromatic carbocycles. The van der Waals surface area contributed by atoms with Crippen LogP contribution in [0.5, 0.6) is 0 Å². The molecule has 0 bridgehead atoms. The summed E-state index contributed by atoms with van der Waals surface area (Å²) < 4.78 is 63.4. The fraction of sp³-hybridized carbons (Fsp3) is 0.316. The van der Waals surface area contributed by atoms with E-state index in [0.29, 0.717) is 5.56 Å². The van der Waals surface area contributed by atoms with Crippen molar-refractivity contribution in [3.05, 3.63) is 52.5 Å². The van der Waals surface area contributed by atoms with Crippen LogP contribution in [0.15, 0.2) is 41.3 Å². The van der Waals surface area contributed by atoms with E-state index in [2.05, 4.69) is 0 Å². The number of sulfone groups is 1. The van der Waals surface area contributed by atoms with Gasteiger partial charge in [-0.2, -0.15) is 13.2 Å². The van der Waals surface area contributed by atoms with Crippen LogP contribution in [0.3, 0.4) is 0 Å². The number of carbonyl (C=O) groups is 1. The van der Waals surface area contributed by atoms with E-state index in [1.807, 2.05) is 0 Å². The molecule has 0 amide bonds. The van der Waals surface area contributed by atoms with Gasteiger partial charge in [0.1, 0.15) is 0 Å². The number of carboxylic acids is 1. The molecule has 2 rings (SSSR count). The molecule has 0 spiro atoms. The van der Waals surface area contributed by atoms with Gasteiger partial charge in [0.25, 0.3) is 0 Å². The molecule has 0 aliphatic rings. The first-order valence-electron chi connectivity index (χ1n) is 8.40. The molecule has 28 heavy (non-hydrogen) atoms. The summed E-state index contributed by atoms with van der Waals surface area (Å²) >= 11 is 6.21. The van der Waals surface area contributed by atoms with Gasteiger partial charge in [-0.05, 0) is 48.2 Å². The number of aryl methyl sites for hydroxylation is 1. The van der Waals surface area contributed by atoms with Crippen molar-refractivity contribution in [3.8, 4) is 11.1 Å². The lowest BCUT2D eigenvalue weighted by Crippen LogP contribution is -2.07. The highest BCUT2D eigenvalue weighted by atomic mass is 35.5. The van der Waals surface area contributed by atoms with E-state index in [1.165, 1.54) is 31.2 Å². The van der Waals surface area contributed by atoms with Gasteiger partial charge >= 0.3 is 12.1 Å². The summed E-state index contributed by atoms with van der Waals surface area (Å²) in [4.78, 5) is 10.7. The Balaban J connectivity index is 2.55. The van der Waals surface area contributed by atoms with Crippen LogP contribution in [0.1, 0.15) is 30.9 Å². The largest absolute Gasteiger partial charge is 0.481 e. The number of halogens is 4. The van der Waals surface area contributed by atoms with Gasteiger partial charge in [0, 0.05) is 17.0 Å². The maximum absolute atomic E-state index is 13.1. The Morgan fingerprint density at radius 3 is 2.32 bits per heavy atom. The molecular formula is C19H18ClF3O4S. The zero-order valence-electron chi connectivity index (χ0n) is 14.9. The SMILES string of the molecule is CCS(=O)(=O)c1ccc(-c2cc(C(F)(F)F)ccc2CCCC(=O)O)c(Cl)c1.